The lowest BCUT2D eigenvalue weighted by atomic mass is 10.0. The maximum absolute atomic E-state index is 14.0. The van der Waals surface area contributed by atoms with Gasteiger partial charge < -0.3 is 15.0 Å². The van der Waals surface area contributed by atoms with Crippen LogP contribution in [0.2, 0.25) is 0 Å². The summed E-state index contributed by atoms with van der Waals surface area (Å²) in [6.07, 6.45) is 0. The van der Waals surface area contributed by atoms with Crippen LogP contribution in [0, 0.1) is 11.6 Å². The first-order valence-electron chi connectivity index (χ1n) is 12.9. The zero-order valence-corrected chi connectivity index (χ0v) is 22.4. The highest BCUT2D eigenvalue weighted by atomic mass is 19.1. The molecule has 1 aliphatic heterocycles. The third-order valence-electron chi connectivity index (χ3n) is 6.86. The molecule has 4 aromatic carbocycles. The average molecular weight is 570 g/mol. The molecule has 0 saturated carbocycles. The van der Waals surface area contributed by atoms with E-state index in [0.717, 1.165) is 4.90 Å². The van der Waals surface area contributed by atoms with Gasteiger partial charge in [0.1, 0.15) is 30.0 Å². The first-order chi connectivity index (χ1) is 20.2. The summed E-state index contributed by atoms with van der Waals surface area (Å²) in [5.41, 5.74) is 1.66. The Morgan fingerprint density at radius 2 is 1.48 bits per heavy atom. The second-order valence-corrected chi connectivity index (χ2v) is 9.56. The molecule has 8 nitrogen and oxygen atoms in total. The fourth-order valence-electron chi connectivity index (χ4n) is 4.74. The van der Waals surface area contributed by atoms with E-state index in [1.807, 2.05) is 0 Å². The summed E-state index contributed by atoms with van der Waals surface area (Å²) in [5.74, 6) is -3.35. The first-order valence-corrected chi connectivity index (χ1v) is 12.9. The molecule has 42 heavy (non-hydrogen) atoms. The van der Waals surface area contributed by atoms with Crippen LogP contribution in [0.15, 0.2) is 97.1 Å². The van der Waals surface area contributed by atoms with Gasteiger partial charge in [-0.25, -0.2) is 8.78 Å². The van der Waals surface area contributed by atoms with Gasteiger partial charge in [-0.15, -0.1) is 0 Å². The van der Waals surface area contributed by atoms with Crippen molar-refractivity contribution in [3.8, 4) is 5.75 Å². The monoisotopic (exact) mass is 569 g/mol. The SMILES string of the molecule is COc1ccc(NC(=O)[C@H](c2ccc(F)cc2)N(Cc2ccc(F)cc2)C(=O)CN2C(=O)C(=O)c3ccccc32)cc1. The average Bonchev–Trinajstić information content (AvgIpc) is 3.24. The molecule has 3 amide bonds. The standard InChI is InChI=1S/C32H25F2N3O5/c1-42-25-16-14-24(15-17-25)35-31(40)29(21-8-12-23(34)13-9-21)37(18-20-6-10-22(33)11-7-20)28(38)19-36-27-5-3-2-4-26(27)30(39)32(36)41/h2-17,29H,18-19H2,1H3,(H,35,40)/t29-/m0/s1. The minimum Gasteiger partial charge on any atom is -0.497 e. The topological polar surface area (TPSA) is 96.0 Å². The number of carbonyl (C=O) groups is 4. The van der Waals surface area contributed by atoms with Crippen molar-refractivity contribution in [3.63, 3.8) is 0 Å². The number of nitrogens with zero attached hydrogens (tertiary/aromatic N) is 2. The van der Waals surface area contributed by atoms with E-state index in [4.69, 9.17) is 4.74 Å². The summed E-state index contributed by atoms with van der Waals surface area (Å²) < 4.78 is 32.8. The molecule has 5 rings (SSSR count). The smallest absolute Gasteiger partial charge is 0.299 e. The number of halogens is 2. The molecule has 212 valence electrons. The summed E-state index contributed by atoms with van der Waals surface area (Å²) in [5, 5.41) is 2.78. The normalized spacial score (nSPS) is 13.0. The molecular formula is C32H25F2N3O5. The number of methoxy groups -OCH3 is 1. The summed E-state index contributed by atoms with van der Waals surface area (Å²) in [4.78, 5) is 55.6. The molecule has 10 heteroatoms. The van der Waals surface area contributed by atoms with Crippen LogP contribution in [0.3, 0.4) is 0 Å². The zero-order valence-electron chi connectivity index (χ0n) is 22.4. The molecule has 0 unspecified atom stereocenters. The zero-order chi connectivity index (χ0) is 29.8. The molecule has 0 fully saturated rings. The van der Waals surface area contributed by atoms with Gasteiger partial charge in [-0.3, -0.25) is 24.1 Å². The highest BCUT2D eigenvalue weighted by Crippen LogP contribution is 2.31. The van der Waals surface area contributed by atoms with Gasteiger partial charge in [0, 0.05) is 12.2 Å². The van der Waals surface area contributed by atoms with Gasteiger partial charge in [-0.2, -0.15) is 0 Å². The van der Waals surface area contributed by atoms with Crippen molar-refractivity contribution >= 4 is 34.9 Å². The van der Waals surface area contributed by atoms with Crippen molar-refractivity contribution in [3.05, 3.63) is 125 Å². The number of amides is 3. The second-order valence-electron chi connectivity index (χ2n) is 9.56. The van der Waals surface area contributed by atoms with Gasteiger partial charge in [0.05, 0.1) is 18.4 Å². The number of hydrogen-bond donors (Lipinski definition) is 1. The Kier molecular flexibility index (Phi) is 8.05. The Hall–Kier alpha value is -5.38. The lowest BCUT2D eigenvalue weighted by Crippen LogP contribution is -2.46. The van der Waals surface area contributed by atoms with Crippen LogP contribution in [0.25, 0.3) is 0 Å². The lowest BCUT2D eigenvalue weighted by Gasteiger charge is -2.33. The predicted molar refractivity (Wildman–Crippen MR) is 151 cm³/mol. The molecule has 0 aliphatic carbocycles. The van der Waals surface area contributed by atoms with Crippen LogP contribution < -0.4 is 15.0 Å². The van der Waals surface area contributed by atoms with E-state index in [1.54, 1.807) is 42.5 Å². The number of carbonyl (C=O) groups excluding carboxylic acids is 4. The number of fused-ring (bicyclic) bond motifs is 1. The maximum atomic E-state index is 14.0. The quantitative estimate of drug-likeness (QED) is 0.289. The number of nitrogens with one attached hydrogen (secondary N) is 1. The number of anilines is 2. The van der Waals surface area contributed by atoms with Crippen molar-refractivity contribution in [2.45, 2.75) is 12.6 Å². The molecule has 0 aromatic heterocycles. The van der Waals surface area contributed by atoms with E-state index in [1.165, 1.54) is 66.6 Å². The highest BCUT2D eigenvalue weighted by molar-refractivity contribution is 6.52. The number of hydrogen-bond acceptors (Lipinski definition) is 5. The van der Waals surface area contributed by atoms with E-state index >= 15 is 0 Å². The van der Waals surface area contributed by atoms with Crippen molar-refractivity contribution in [1.29, 1.82) is 0 Å². The van der Waals surface area contributed by atoms with Crippen LogP contribution in [-0.2, 0) is 20.9 Å². The van der Waals surface area contributed by atoms with Crippen molar-refractivity contribution in [2.24, 2.45) is 0 Å². The summed E-state index contributed by atoms with van der Waals surface area (Å²) >= 11 is 0. The maximum Gasteiger partial charge on any atom is 0.299 e. The molecule has 1 heterocycles. The number of ketones is 1. The number of benzene rings is 4. The minimum atomic E-state index is -1.30. The number of para-hydroxylation sites is 1. The van der Waals surface area contributed by atoms with Gasteiger partial charge in [-0.05, 0) is 71.8 Å². The number of rotatable bonds is 9. The number of ether oxygens (including phenoxy) is 1. The van der Waals surface area contributed by atoms with E-state index in [-0.39, 0.29) is 17.8 Å². The first kappa shape index (κ1) is 28.2. The van der Waals surface area contributed by atoms with E-state index in [9.17, 15) is 28.0 Å². The predicted octanol–water partition coefficient (Wildman–Crippen LogP) is 4.91. The summed E-state index contributed by atoms with van der Waals surface area (Å²) in [6.45, 7) is -0.703. The fourth-order valence-corrected chi connectivity index (χ4v) is 4.74. The van der Waals surface area contributed by atoms with Gasteiger partial charge in [0.25, 0.3) is 17.6 Å². The van der Waals surface area contributed by atoms with Crippen LogP contribution in [0.5, 0.6) is 5.75 Å². The number of Topliss-reactive ketones (excluding diaryl/α,β-unsaturated/α-hetero) is 1. The van der Waals surface area contributed by atoms with E-state index in [0.29, 0.717) is 22.6 Å². The third kappa shape index (κ3) is 5.87. The largest absolute Gasteiger partial charge is 0.497 e. The molecule has 1 atom stereocenters. The molecule has 1 aliphatic rings. The van der Waals surface area contributed by atoms with Gasteiger partial charge in [-0.1, -0.05) is 36.4 Å². The summed E-state index contributed by atoms with van der Waals surface area (Å²) in [7, 11) is 1.51. The van der Waals surface area contributed by atoms with Crippen molar-refractivity contribution in [2.75, 3.05) is 23.9 Å². The Bertz CT molecular complexity index is 1640. The van der Waals surface area contributed by atoms with Gasteiger partial charge in [0.15, 0.2) is 0 Å². The Balaban J connectivity index is 1.54. The molecule has 0 saturated heterocycles. The van der Waals surface area contributed by atoms with E-state index in [2.05, 4.69) is 5.32 Å². The summed E-state index contributed by atoms with van der Waals surface area (Å²) in [6, 6.07) is 22.1. The lowest BCUT2D eigenvalue weighted by molar-refractivity contribution is -0.139. The molecule has 0 bridgehead atoms. The molecule has 0 radical (unpaired) electrons. The van der Waals surface area contributed by atoms with Gasteiger partial charge >= 0.3 is 0 Å². The van der Waals surface area contributed by atoms with Crippen molar-refractivity contribution < 1.29 is 32.7 Å². The Morgan fingerprint density at radius 1 is 0.857 bits per heavy atom. The molecule has 0 spiro atoms. The van der Waals surface area contributed by atoms with Gasteiger partial charge in [0.2, 0.25) is 5.91 Å². The van der Waals surface area contributed by atoms with Crippen LogP contribution in [0.4, 0.5) is 20.2 Å². The molecule has 1 N–H and O–H groups in total. The molecular weight excluding hydrogens is 544 g/mol. The second kappa shape index (κ2) is 12.0. The Labute approximate surface area is 240 Å². The van der Waals surface area contributed by atoms with E-state index < -0.39 is 47.7 Å². The van der Waals surface area contributed by atoms with Crippen LogP contribution >= 0.6 is 0 Å². The van der Waals surface area contributed by atoms with Crippen molar-refractivity contribution in [1.82, 2.24) is 4.90 Å². The minimum absolute atomic E-state index is 0.158. The molecule has 4 aromatic rings. The fraction of sp³-hybridized carbons (Fsp3) is 0.125. The Morgan fingerprint density at radius 3 is 2.12 bits per heavy atom. The van der Waals surface area contributed by atoms with Crippen LogP contribution in [0.1, 0.15) is 27.5 Å². The highest BCUT2D eigenvalue weighted by Gasteiger charge is 2.39. The third-order valence-corrected chi connectivity index (χ3v) is 6.86. The van der Waals surface area contributed by atoms with Crippen LogP contribution in [-0.4, -0.2) is 42.1 Å².